The Morgan fingerprint density at radius 3 is 2.50 bits per heavy atom. The molecule has 1 atom stereocenters. The van der Waals surface area contributed by atoms with Crippen LogP contribution in [0.3, 0.4) is 0 Å². The second-order valence-corrected chi connectivity index (χ2v) is 8.13. The van der Waals surface area contributed by atoms with Gasteiger partial charge in [0.05, 0.1) is 5.92 Å². The summed E-state index contributed by atoms with van der Waals surface area (Å²) in [5.74, 6) is -0.318. The Hall–Kier alpha value is -2.53. The molecule has 2 aliphatic rings. The van der Waals surface area contributed by atoms with Gasteiger partial charge in [-0.3, -0.25) is 9.59 Å². The number of ether oxygens (including phenoxy) is 1. The number of aliphatic carboxylic acids is 1. The summed E-state index contributed by atoms with van der Waals surface area (Å²) in [7, 11) is 0. The van der Waals surface area contributed by atoms with Crippen molar-refractivity contribution in [3.05, 3.63) is 64.7 Å². The van der Waals surface area contributed by atoms with E-state index in [0.717, 1.165) is 24.8 Å². The Morgan fingerprint density at radius 1 is 1.14 bits per heavy atom. The minimum Gasteiger partial charge on any atom is -0.489 e. The second kappa shape index (κ2) is 7.47. The zero-order chi connectivity index (χ0) is 19.7. The SMILES string of the molecule is O=C(O)C1CC12CCN(C(=O)c1cccc(OCc3ccc(Cl)cc3)c1)CC2. The molecule has 1 N–H and O–H groups in total. The maximum absolute atomic E-state index is 12.8. The van der Waals surface area contributed by atoms with Crippen LogP contribution in [0.25, 0.3) is 0 Å². The number of hydrogen-bond acceptors (Lipinski definition) is 3. The topological polar surface area (TPSA) is 66.8 Å². The molecule has 1 heterocycles. The zero-order valence-electron chi connectivity index (χ0n) is 15.4. The van der Waals surface area contributed by atoms with Crippen LogP contribution in [-0.4, -0.2) is 35.0 Å². The number of rotatable bonds is 5. The summed E-state index contributed by atoms with van der Waals surface area (Å²) in [6.45, 7) is 1.62. The molecule has 1 aliphatic carbocycles. The number of halogens is 1. The summed E-state index contributed by atoms with van der Waals surface area (Å²) < 4.78 is 5.81. The van der Waals surface area contributed by atoms with Crippen LogP contribution in [0.15, 0.2) is 48.5 Å². The van der Waals surface area contributed by atoms with E-state index in [0.29, 0.717) is 36.0 Å². The van der Waals surface area contributed by atoms with Crippen molar-refractivity contribution in [3.63, 3.8) is 0 Å². The molecular formula is C22H22ClNO4. The number of nitrogens with zero attached hydrogens (tertiary/aromatic N) is 1. The molecule has 2 fully saturated rings. The van der Waals surface area contributed by atoms with Crippen molar-refractivity contribution >= 4 is 23.5 Å². The van der Waals surface area contributed by atoms with Crippen molar-refractivity contribution in [3.8, 4) is 5.75 Å². The molecule has 1 aliphatic heterocycles. The van der Waals surface area contributed by atoms with Gasteiger partial charge in [0.2, 0.25) is 0 Å². The van der Waals surface area contributed by atoms with Crippen LogP contribution in [0.1, 0.15) is 35.2 Å². The van der Waals surface area contributed by atoms with Gasteiger partial charge in [0.15, 0.2) is 0 Å². The van der Waals surface area contributed by atoms with Gasteiger partial charge in [0.1, 0.15) is 12.4 Å². The number of hydrogen-bond donors (Lipinski definition) is 1. The maximum Gasteiger partial charge on any atom is 0.307 e. The molecule has 28 heavy (non-hydrogen) atoms. The van der Waals surface area contributed by atoms with Gasteiger partial charge in [-0.1, -0.05) is 29.8 Å². The molecule has 6 heteroatoms. The van der Waals surface area contributed by atoms with Crippen LogP contribution in [0.2, 0.25) is 5.02 Å². The van der Waals surface area contributed by atoms with Crippen molar-refractivity contribution < 1.29 is 19.4 Å². The van der Waals surface area contributed by atoms with E-state index in [1.807, 2.05) is 41.3 Å². The lowest BCUT2D eigenvalue weighted by molar-refractivity contribution is -0.139. The van der Waals surface area contributed by atoms with Gasteiger partial charge in [0.25, 0.3) is 5.91 Å². The first kappa shape index (κ1) is 18.8. The third-order valence-electron chi connectivity index (χ3n) is 5.93. The van der Waals surface area contributed by atoms with Gasteiger partial charge in [-0.2, -0.15) is 0 Å². The Morgan fingerprint density at radius 2 is 1.86 bits per heavy atom. The maximum atomic E-state index is 12.8. The van der Waals surface area contributed by atoms with Crippen LogP contribution >= 0.6 is 11.6 Å². The Balaban J connectivity index is 1.35. The summed E-state index contributed by atoms with van der Waals surface area (Å²) in [4.78, 5) is 25.9. The number of carboxylic acid groups (broad SMARTS) is 1. The van der Waals surface area contributed by atoms with E-state index in [1.165, 1.54) is 0 Å². The number of carbonyl (C=O) groups is 2. The molecule has 0 aromatic heterocycles. The van der Waals surface area contributed by atoms with E-state index in [4.69, 9.17) is 16.3 Å². The van der Waals surface area contributed by atoms with Crippen molar-refractivity contribution in [2.75, 3.05) is 13.1 Å². The first-order valence-electron chi connectivity index (χ1n) is 9.46. The van der Waals surface area contributed by atoms with Gasteiger partial charge in [-0.05, 0) is 60.6 Å². The average molecular weight is 400 g/mol. The number of carboxylic acids is 1. The zero-order valence-corrected chi connectivity index (χ0v) is 16.2. The van der Waals surface area contributed by atoms with E-state index in [-0.39, 0.29) is 17.2 Å². The second-order valence-electron chi connectivity index (χ2n) is 7.69. The lowest BCUT2D eigenvalue weighted by Crippen LogP contribution is -2.40. The molecule has 4 rings (SSSR count). The standard InChI is InChI=1S/C22H22ClNO4/c23-17-6-4-15(5-7-17)14-28-18-3-1-2-16(12-18)20(25)24-10-8-22(9-11-24)13-19(22)21(26)27/h1-7,12,19H,8-11,13-14H2,(H,26,27). The Bertz CT molecular complexity index is 888. The molecule has 2 aromatic carbocycles. The Kier molecular flexibility index (Phi) is 5.02. The predicted molar refractivity (Wildman–Crippen MR) is 106 cm³/mol. The minimum absolute atomic E-state index is 0.0284. The molecule has 5 nitrogen and oxygen atoms in total. The van der Waals surface area contributed by atoms with Crippen molar-refractivity contribution in [2.45, 2.75) is 25.9 Å². The third-order valence-corrected chi connectivity index (χ3v) is 6.19. The van der Waals surface area contributed by atoms with Gasteiger partial charge in [-0.15, -0.1) is 0 Å². The van der Waals surface area contributed by atoms with Gasteiger partial charge < -0.3 is 14.7 Å². The lowest BCUT2D eigenvalue weighted by atomic mass is 9.90. The van der Waals surface area contributed by atoms with Crippen LogP contribution in [0.5, 0.6) is 5.75 Å². The van der Waals surface area contributed by atoms with Crippen LogP contribution in [0.4, 0.5) is 0 Å². The van der Waals surface area contributed by atoms with E-state index in [1.54, 1.807) is 12.1 Å². The first-order valence-corrected chi connectivity index (χ1v) is 9.84. The molecule has 1 saturated carbocycles. The monoisotopic (exact) mass is 399 g/mol. The fourth-order valence-electron chi connectivity index (χ4n) is 4.05. The van der Waals surface area contributed by atoms with E-state index < -0.39 is 5.97 Å². The highest BCUT2D eigenvalue weighted by atomic mass is 35.5. The Labute approximate surface area is 168 Å². The largest absolute Gasteiger partial charge is 0.489 e. The lowest BCUT2D eigenvalue weighted by Gasteiger charge is -2.32. The summed E-state index contributed by atoms with van der Waals surface area (Å²) >= 11 is 5.89. The summed E-state index contributed by atoms with van der Waals surface area (Å²) in [6.07, 6.45) is 2.28. The fraction of sp³-hybridized carbons (Fsp3) is 0.364. The minimum atomic E-state index is -0.703. The molecule has 1 unspecified atom stereocenters. The highest BCUT2D eigenvalue weighted by Gasteiger charge is 2.59. The van der Waals surface area contributed by atoms with Crippen molar-refractivity contribution in [1.82, 2.24) is 4.90 Å². The molecule has 1 amide bonds. The van der Waals surface area contributed by atoms with E-state index >= 15 is 0 Å². The van der Waals surface area contributed by atoms with Crippen LogP contribution < -0.4 is 4.74 Å². The molecule has 0 bridgehead atoms. The molecule has 0 radical (unpaired) electrons. The van der Waals surface area contributed by atoms with Gasteiger partial charge >= 0.3 is 5.97 Å². The van der Waals surface area contributed by atoms with Crippen molar-refractivity contribution in [2.24, 2.45) is 11.3 Å². The van der Waals surface area contributed by atoms with Crippen LogP contribution in [0, 0.1) is 11.3 Å². The predicted octanol–water partition coefficient (Wildman–Crippen LogP) is 4.25. The van der Waals surface area contributed by atoms with Gasteiger partial charge in [-0.25, -0.2) is 0 Å². The van der Waals surface area contributed by atoms with Crippen molar-refractivity contribution in [1.29, 1.82) is 0 Å². The molecular weight excluding hydrogens is 378 g/mol. The molecule has 1 saturated heterocycles. The highest BCUT2D eigenvalue weighted by molar-refractivity contribution is 6.30. The third kappa shape index (κ3) is 3.85. The summed E-state index contributed by atoms with van der Waals surface area (Å²) in [6, 6.07) is 14.7. The summed E-state index contributed by atoms with van der Waals surface area (Å²) in [5.41, 5.74) is 1.52. The van der Waals surface area contributed by atoms with Gasteiger partial charge in [0, 0.05) is 23.7 Å². The molecule has 1 spiro atoms. The van der Waals surface area contributed by atoms with E-state index in [2.05, 4.69) is 0 Å². The van der Waals surface area contributed by atoms with Crippen LogP contribution in [-0.2, 0) is 11.4 Å². The first-order chi connectivity index (χ1) is 13.5. The van der Waals surface area contributed by atoms with E-state index in [9.17, 15) is 14.7 Å². The number of amides is 1. The smallest absolute Gasteiger partial charge is 0.307 e. The number of benzene rings is 2. The summed E-state index contributed by atoms with van der Waals surface area (Å²) in [5, 5.41) is 9.88. The highest BCUT2D eigenvalue weighted by Crippen LogP contribution is 2.59. The number of carbonyl (C=O) groups excluding carboxylic acids is 1. The normalized spacial score (nSPS) is 20.0. The molecule has 146 valence electrons. The average Bonchev–Trinajstić information content (AvgIpc) is 3.41. The number of likely N-dealkylation sites (tertiary alicyclic amines) is 1. The number of piperidine rings is 1. The molecule has 2 aromatic rings. The quantitative estimate of drug-likeness (QED) is 0.816. The fourth-order valence-corrected chi connectivity index (χ4v) is 4.18.